The third-order valence-electron chi connectivity index (χ3n) is 4.78. The topological polar surface area (TPSA) is 39.1 Å². The van der Waals surface area contributed by atoms with E-state index in [1.54, 1.807) is 12.1 Å². The second-order valence-corrected chi connectivity index (χ2v) is 5.91. The number of rotatable bonds is 3. The van der Waals surface area contributed by atoms with E-state index in [1.807, 2.05) is 6.07 Å². The first-order chi connectivity index (χ1) is 9.72. The van der Waals surface area contributed by atoms with E-state index in [1.165, 1.54) is 6.07 Å². The van der Waals surface area contributed by atoms with Gasteiger partial charge >= 0.3 is 0 Å². The van der Waals surface area contributed by atoms with Gasteiger partial charge in [-0.25, -0.2) is 4.39 Å². The van der Waals surface area contributed by atoms with Gasteiger partial charge in [0.2, 0.25) is 0 Å². The van der Waals surface area contributed by atoms with Crippen LogP contribution in [0.4, 0.5) is 4.39 Å². The second-order valence-electron chi connectivity index (χ2n) is 5.91. The van der Waals surface area contributed by atoms with Crippen LogP contribution in [0.3, 0.4) is 0 Å². The number of nitriles is 1. The normalized spacial score (nSPS) is 29.4. The lowest BCUT2D eigenvalue weighted by Crippen LogP contribution is -2.34. The number of fused-ring (bicyclic) bond motifs is 1. The van der Waals surface area contributed by atoms with Crippen molar-refractivity contribution in [1.29, 1.82) is 5.26 Å². The number of hydrogen-bond donors (Lipinski definition) is 1. The Hall–Kier alpha value is -1.44. The molecule has 3 unspecified atom stereocenters. The molecule has 0 spiro atoms. The molecule has 0 radical (unpaired) electrons. The zero-order chi connectivity index (χ0) is 14.1. The summed E-state index contributed by atoms with van der Waals surface area (Å²) < 4.78 is 13.4. The van der Waals surface area contributed by atoms with E-state index in [-0.39, 0.29) is 5.56 Å². The molecule has 106 valence electrons. The summed E-state index contributed by atoms with van der Waals surface area (Å²) in [5.41, 5.74) is 1.19. The Labute approximate surface area is 119 Å². The van der Waals surface area contributed by atoms with Crippen LogP contribution in [0.15, 0.2) is 18.2 Å². The fourth-order valence-electron chi connectivity index (χ4n) is 3.84. The molecule has 0 aromatic heterocycles. The average molecular weight is 273 g/mol. The summed E-state index contributed by atoms with van der Waals surface area (Å²) in [4.78, 5) is 2.50. The molecule has 1 N–H and O–H groups in total. The van der Waals surface area contributed by atoms with Gasteiger partial charge in [-0.15, -0.1) is 0 Å². The van der Waals surface area contributed by atoms with Crippen molar-refractivity contribution in [3.8, 4) is 6.07 Å². The highest BCUT2D eigenvalue weighted by Gasteiger charge is 2.42. The van der Waals surface area contributed by atoms with Crippen molar-refractivity contribution in [2.24, 2.45) is 11.8 Å². The summed E-state index contributed by atoms with van der Waals surface area (Å²) in [6.45, 7) is 6.40. The van der Waals surface area contributed by atoms with Crippen LogP contribution in [0.25, 0.3) is 0 Å². The number of halogens is 1. The first-order valence-corrected chi connectivity index (χ1v) is 7.36. The maximum atomic E-state index is 13.4. The van der Waals surface area contributed by atoms with Crippen molar-refractivity contribution in [2.75, 3.05) is 19.6 Å². The zero-order valence-corrected chi connectivity index (χ0v) is 11.8. The van der Waals surface area contributed by atoms with Gasteiger partial charge in [0.1, 0.15) is 11.9 Å². The highest BCUT2D eigenvalue weighted by Crippen LogP contribution is 2.35. The number of nitrogens with zero attached hydrogens (tertiary/aromatic N) is 2. The van der Waals surface area contributed by atoms with Gasteiger partial charge in [-0.05, 0) is 49.0 Å². The molecule has 2 aliphatic rings. The van der Waals surface area contributed by atoms with Crippen molar-refractivity contribution in [2.45, 2.75) is 25.9 Å². The first-order valence-electron chi connectivity index (χ1n) is 7.36. The largest absolute Gasteiger partial charge is 0.316 e. The zero-order valence-electron chi connectivity index (χ0n) is 11.8. The molecule has 4 heteroatoms. The highest BCUT2D eigenvalue weighted by atomic mass is 19.1. The minimum Gasteiger partial charge on any atom is -0.316 e. The summed E-state index contributed by atoms with van der Waals surface area (Å²) >= 11 is 0. The van der Waals surface area contributed by atoms with E-state index in [0.29, 0.717) is 6.04 Å². The standard InChI is InChI=1S/C16H20FN3/c1-2-16-14-8-19-7-13(14)10-20(16)9-11-3-4-15(17)12(5-11)6-18/h3-5,13-14,16,19H,2,7-10H2,1H3. The quantitative estimate of drug-likeness (QED) is 0.917. The van der Waals surface area contributed by atoms with E-state index >= 15 is 0 Å². The molecular weight excluding hydrogens is 253 g/mol. The maximum absolute atomic E-state index is 13.4. The van der Waals surface area contributed by atoms with Gasteiger partial charge in [-0.2, -0.15) is 5.26 Å². The van der Waals surface area contributed by atoms with Crippen molar-refractivity contribution < 1.29 is 4.39 Å². The van der Waals surface area contributed by atoms with E-state index in [9.17, 15) is 4.39 Å². The summed E-state index contributed by atoms with van der Waals surface area (Å²) in [6.07, 6.45) is 1.15. The average Bonchev–Trinajstić information content (AvgIpc) is 3.01. The highest BCUT2D eigenvalue weighted by molar-refractivity contribution is 5.34. The van der Waals surface area contributed by atoms with Gasteiger partial charge in [-0.1, -0.05) is 13.0 Å². The third kappa shape index (κ3) is 2.32. The van der Waals surface area contributed by atoms with Crippen LogP contribution in [0.5, 0.6) is 0 Å². The Balaban J connectivity index is 1.76. The number of likely N-dealkylation sites (tertiary alicyclic amines) is 1. The summed E-state index contributed by atoms with van der Waals surface area (Å²) in [7, 11) is 0. The van der Waals surface area contributed by atoms with E-state index in [2.05, 4.69) is 17.1 Å². The van der Waals surface area contributed by atoms with Gasteiger partial charge < -0.3 is 5.32 Å². The third-order valence-corrected chi connectivity index (χ3v) is 4.78. The Morgan fingerprint density at radius 2 is 2.30 bits per heavy atom. The molecule has 2 heterocycles. The summed E-state index contributed by atoms with van der Waals surface area (Å²) in [5, 5.41) is 12.4. The predicted molar refractivity (Wildman–Crippen MR) is 75.5 cm³/mol. The molecule has 3 atom stereocenters. The predicted octanol–water partition coefficient (Wildman–Crippen LogP) is 2.13. The molecular formula is C16H20FN3. The Bertz CT molecular complexity index is 537. The van der Waals surface area contributed by atoms with Crippen LogP contribution >= 0.6 is 0 Å². The van der Waals surface area contributed by atoms with Gasteiger partial charge in [-0.3, -0.25) is 4.90 Å². The number of hydrogen-bond acceptors (Lipinski definition) is 3. The number of nitrogens with one attached hydrogen (secondary N) is 1. The SMILES string of the molecule is CCC1C2CNCC2CN1Cc1ccc(F)c(C#N)c1. The van der Waals surface area contributed by atoms with E-state index < -0.39 is 5.82 Å². The molecule has 1 aromatic carbocycles. The van der Waals surface area contributed by atoms with Crippen molar-refractivity contribution >= 4 is 0 Å². The molecule has 1 aromatic rings. The molecule has 2 saturated heterocycles. The number of benzene rings is 1. The van der Waals surface area contributed by atoms with Crippen molar-refractivity contribution in [1.82, 2.24) is 10.2 Å². The molecule has 0 saturated carbocycles. The van der Waals surface area contributed by atoms with Crippen LogP contribution in [0.1, 0.15) is 24.5 Å². The Kier molecular flexibility index (Phi) is 3.73. The van der Waals surface area contributed by atoms with Crippen molar-refractivity contribution in [3.05, 3.63) is 35.1 Å². The van der Waals surface area contributed by atoms with Gasteiger partial charge in [0.15, 0.2) is 0 Å². The maximum Gasteiger partial charge on any atom is 0.140 e. The fourth-order valence-corrected chi connectivity index (χ4v) is 3.84. The van der Waals surface area contributed by atoms with Crippen molar-refractivity contribution in [3.63, 3.8) is 0 Å². The lowest BCUT2D eigenvalue weighted by molar-refractivity contribution is 0.210. The van der Waals surface area contributed by atoms with Crippen LogP contribution in [0, 0.1) is 29.0 Å². The fraction of sp³-hybridized carbons (Fsp3) is 0.562. The van der Waals surface area contributed by atoms with Gasteiger partial charge in [0.05, 0.1) is 5.56 Å². The van der Waals surface area contributed by atoms with E-state index in [4.69, 9.17) is 5.26 Å². The van der Waals surface area contributed by atoms with Crippen LogP contribution < -0.4 is 5.32 Å². The molecule has 3 nitrogen and oxygen atoms in total. The monoisotopic (exact) mass is 273 g/mol. The molecule has 0 amide bonds. The second kappa shape index (κ2) is 5.51. The molecule has 3 rings (SSSR count). The van der Waals surface area contributed by atoms with Gasteiger partial charge in [0.25, 0.3) is 0 Å². The lowest BCUT2D eigenvalue weighted by atomic mass is 9.93. The molecule has 0 aliphatic carbocycles. The van der Waals surface area contributed by atoms with Crippen LogP contribution in [0.2, 0.25) is 0 Å². The molecule has 20 heavy (non-hydrogen) atoms. The lowest BCUT2D eigenvalue weighted by Gasteiger charge is -2.26. The summed E-state index contributed by atoms with van der Waals surface area (Å²) in [6, 6.07) is 7.42. The Morgan fingerprint density at radius 1 is 1.45 bits per heavy atom. The van der Waals surface area contributed by atoms with E-state index in [0.717, 1.165) is 50.0 Å². The molecule has 0 bridgehead atoms. The first kappa shape index (κ1) is 13.5. The minimum absolute atomic E-state index is 0.150. The summed E-state index contributed by atoms with van der Waals surface area (Å²) in [5.74, 6) is 1.07. The Morgan fingerprint density at radius 3 is 3.05 bits per heavy atom. The van der Waals surface area contributed by atoms with Gasteiger partial charge in [0, 0.05) is 19.1 Å². The van der Waals surface area contributed by atoms with Crippen LogP contribution in [-0.2, 0) is 6.54 Å². The molecule has 2 fully saturated rings. The minimum atomic E-state index is -0.425. The molecule has 2 aliphatic heterocycles. The smallest absolute Gasteiger partial charge is 0.140 e. The van der Waals surface area contributed by atoms with Crippen LogP contribution in [-0.4, -0.2) is 30.6 Å².